The summed E-state index contributed by atoms with van der Waals surface area (Å²) >= 11 is 2.05. The zero-order chi connectivity index (χ0) is 37.4. The molecular formula is C33H31N5O12S2. The Hall–Kier alpha value is -5.95. The van der Waals surface area contributed by atoms with Crippen molar-refractivity contribution in [2.24, 2.45) is 5.16 Å². The summed E-state index contributed by atoms with van der Waals surface area (Å²) in [5.74, 6) is -4.93. The Morgan fingerprint density at radius 1 is 0.981 bits per heavy atom. The van der Waals surface area contributed by atoms with Crippen molar-refractivity contribution in [2.75, 3.05) is 30.9 Å². The molecule has 0 spiro atoms. The molecule has 0 saturated carbocycles. The van der Waals surface area contributed by atoms with Crippen LogP contribution in [0.2, 0.25) is 0 Å². The fraction of sp³-hybridized carbons (Fsp3) is 0.273. The number of nitrogens with zero attached hydrogens (tertiary/aromatic N) is 3. The topological polar surface area (TPSA) is 232 Å². The Morgan fingerprint density at radius 2 is 1.62 bits per heavy atom. The van der Waals surface area contributed by atoms with E-state index in [9.17, 15) is 39.0 Å². The number of β-lactam (4-membered cyclic amide) rings is 1. The maximum absolute atomic E-state index is 13.6. The Bertz CT molecular complexity index is 1920. The first kappa shape index (κ1) is 37.3. The second-order valence-corrected chi connectivity index (χ2v) is 13.4. The van der Waals surface area contributed by atoms with Crippen molar-refractivity contribution in [1.29, 1.82) is 0 Å². The predicted molar refractivity (Wildman–Crippen MR) is 185 cm³/mol. The first-order chi connectivity index (χ1) is 24.8. The van der Waals surface area contributed by atoms with Gasteiger partial charge < -0.3 is 34.6 Å². The van der Waals surface area contributed by atoms with E-state index >= 15 is 0 Å². The number of thioether (sulfide) groups is 1. The van der Waals surface area contributed by atoms with Crippen LogP contribution in [0.15, 0.2) is 82.5 Å². The molecule has 2 aromatic carbocycles. The van der Waals surface area contributed by atoms with Crippen LogP contribution in [0, 0.1) is 0 Å². The van der Waals surface area contributed by atoms with Crippen molar-refractivity contribution in [3.05, 3.63) is 83.0 Å². The first-order valence-corrected chi connectivity index (χ1v) is 17.2. The van der Waals surface area contributed by atoms with Crippen LogP contribution in [0.3, 0.4) is 0 Å². The number of esters is 1. The van der Waals surface area contributed by atoms with Gasteiger partial charge in [0.1, 0.15) is 40.9 Å². The Kier molecular flexibility index (Phi) is 11.8. The number of carboxylic acid groups (broad SMARTS) is 2. The van der Waals surface area contributed by atoms with Crippen LogP contribution < -0.4 is 20.1 Å². The first-order valence-electron chi connectivity index (χ1n) is 15.3. The number of aliphatic carboxylic acids is 2. The van der Waals surface area contributed by atoms with Crippen LogP contribution in [0.5, 0.6) is 11.5 Å². The van der Waals surface area contributed by atoms with Gasteiger partial charge in [-0.2, -0.15) is 0 Å². The predicted octanol–water partition coefficient (Wildman–Crippen LogP) is 2.11. The van der Waals surface area contributed by atoms with Crippen LogP contribution in [0.4, 0.5) is 5.13 Å². The van der Waals surface area contributed by atoms with E-state index in [4.69, 9.17) is 19.0 Å². The second kappa shape index (κ2) is 16.4. The van der Waals surface area contributed by atoms with Crippen LogP contribution in [0.25, 0.3) is 0 Å². The van der Waals surface area contributed by atoms with Crippen LogP contribution in [0.1, 0.15) is 19.5 Å². The number of benzene rings is 2. The minimum atomic E-state index is -1.87. The lowest BCUT2D eigenvalue weighted by molar-refractivity contribution is -0.161. The molecule has 272 valence electrons. The highest BCUT2D eigenvalue weighted by molar-refractivity contribution is 8.00. The Balaban J connectivity index is 1.25. The molecular weight excluding hydrogens is 723 g/mol. The molecule has 1 fully saturated rings. The number of carbonyl (C=O) groups is 6. The molecule has 0 unspecified atom stereocenters. The molecule has 2 aliphatic heterocycles. The molecule has 1 aromatic heterocycles. The van der Waals surface area contributed by atoms with E-state index in [0.29, 0.717) is 11.5 Å². The number of hydrogen-bond donors (Lipinski definition) is 4. The number of fused-ring (bicyclic) bond motifs is 1. The SMILES string of the molecule is CC(C)(O/N=C(\C(=O)N[C@@H]1C(=O)N2C(C(=O)O)=C(COC(=O)COc3ccccc3)CS[C@H]12)c1csc(NC(=O)COc2ccccc2)n1)C(=O)O. The summed E-state index contributed by atoms with van der Waals surface area (Å²) in [5, 5.41) is 28.8. The number of ether oxygens (including phenoxy) is 3. The lowest BCUT2D eigenvalue weighted by atomic mass is 10.0. The number of aromatic nitrogens is 1. The number of amides is 3. The van der Waals surface area contributed by atoms with Gasteiger partial charge in [-0.1, -0.05) is 41.6 Å². The van der Waals surface area contributed by atoms with E-state index in [1.807, 2.05) is 0 Å². The number of para-hydroxylation sites is 2. The zero-order valence-electron chi connectivity index (χ0n) is 27.5. The summed E-state index contributed by atoms with van der Waals surface area (Å²) in [7, 11) is 0. The van der Waals surface area contributed by atoms with Gasteiger partial charge in [-0.15, -0.1) is 23.1 Å². The average Bonchev–Trinajstić information content (AvgIpc) is 3.59. The van der Waals surface area contributed by atoms with Gasteiger partial charge in [0.05, 0.1) is 0 Å². The van der Waals surface area contributed by atoms with Gasteiger partial charge in [-0.05, 0) is 38.1 Å². The highest BCUT2D eigenvalue weighted by atomic mass is 32.2. The van der Waals surface area contributed by atoms with Crippen LogP contribution in [-0.2, 0) is 38.3 Å². The third kappa shape index (κ3) is 9.04. The molecule has 3 amide bonds. The van der Waals surface area contributed by atoms with Gasteiger partial charge >= 0.3 is 17.9 Å². The van der Waals surface area contributed by atoms with Gasteiger partial charge in [0.2, 0.25) is 5.60 Å². The monoisotopic (exact) mass is 753 g/mol. The van der Waals surface area contributed by atoms with Gasteiger partial charge in [-0.25, -0.2) is 19.4 Å². The average molecular weight is 754 g/mol. The van der Waals surface area contributed by atoms with Crippen molar-refractivity contribution < 1.29 is 58.0 Å². The number of thiazole rings is 1. The summed E-state index contributed by atoms with van der Waals surface area (Å²) in [6.45, 7) is 1.23. The zero-order valence-corrected chi connectivity index (χ0v) is 29.1. The van der Waals surface area contributed by atoms with Gasteiger partial charge in [-0.3, -0.25) is 24.6 Å². The third-order valence-electron chi connectivity index (χ3n) is 7.25. The summed E-state index contributed by atoms with van der Waals surface area (Å²) in [5.41, 5.74) is -2.72. The van der Waals surface area contributed by atoms with Crippen LogP contribution in [-0.4, -0.2) is 104 Å². The van der Waals surface area contributed by atoms with E-state index < -0.39 is 71.6 Å². The summed E-state index contributed by atoms with van der Waals surface area (Å²) in [4.78, 5) is 85.9. The molecule has 0 bridgehead atoms. The van der Waals surface area contributed by atoms with Crippen LogP contribution >= 0.6 is 23.1 Å². The number of anilines is 1. The van der Waals surface area contributed by atoms with Crippen molar-refractivity contribution >= 4 is 69.6 Å². The maximum atomic E-state index is 13.6. The van der Waals surface area contributed by atoms with E-state index in [0.717, 1.165) is 28.0 Å². The molecule has 5 rings (SSSR count). The van der Waals surface area contributed by atoms with Crippen molar-refractivity contribution in [1.82, 2.24) is 15.2 Å². The molecule has 3 heterocycles. The highest BCUT2D eigenvalue weighted by Gasteiger charge is 2.54. The largest absolute Gasteiger partial charge is 0.484 e. The summed E-state index contributed by atoms with van der Waals surface area (Å²) in [6.07, 6.45) is 0. The molecule has 4 N–H and O–H groups in total. The Labute approximate surface area is 303 Å². The summed E-state index contributed by atoms with van der Waals surface area (Å²) < 4.78 is 16.0. The minimum Gasteiger partial charge on any atom is -0.484 e. The van der Waals surface area contributed by atoms with Crippen molar-refractivity contribution in [2.45, 2.75) is 30.9 Å². The molecule has 1 saturated heterocycles. The summed E-state index contributed by atoms with van der Waals surface area (Å²) in [6, 6.07) is 15.9. The standard InChI is InChI=1S/C33H31N5O12S2/c1-33(2,31(45)46)50-37-24(21-17-52-32(34-21)35-22(39)14-47-19-9-5-3-6-10-19)27(41)36-25-28(42)38-26(30(43)44)18(16-51-29(25)38)13-49-23(40)15-48-20-11-7-4-8-12-20/h3-12,17,25,29H,13-16H2,1-2H3,(H,36,41)(H,43,44)(H,45,46)(H,34,35,39)/b37-24-/t25-,29-/m1/s1. The fourth-order valence-corrected chi connectivity index (χ4v) is 6.58. The Morgan fingerprint density at radius 3 is 2.23 bits per heavy atom. The molecule has 19 heteroatoms. The fourth-order valence-electron chi connectivity index (χ4n) is 4.54. The molecule has 2 atom stereocenters. The van der Waals surface area contributed by atoms with E-state index in [1.54, 1.807) is 60.7 Å². The number of carbonyl (C=O) groups excluding carboxylic acids is 4. The van der Waals surface area contributed by atoms with Gasteiger partial charge in [0.15, 0.2) is 24.1 Å². The second-order valence-electron chi connectivity index (χ2n) is 11.4. The third-order valence-corrected chi connectivity index (χ3v) is 9.34. The molecule has 52 heavy (non-hydrogen) atoms. The number of rotatable bonds is 16. The number of nitrogens with one attached hydrogen (secondary N) is 2. The lowest BCUT2D eigenvalue weighted by Gasteiger charge is -2.49. The normalized spacial score (nSPS) is 16.9. The number of oxime groups is 1. The van der Waals surface area contributed by atoms with Crippen molar-refractivity contribution in [3.8, 4) is 11.5 Å². The van der Waals surface area contributed by atoms with Crippen molar-refractivity contribution in [3.63, 3.8) is 0 Å². The number of carboxylic acids is 2. The van der Waals surface area contributed by atoms with Gasteiger partial charge in [0.25, 0.3) is 17.7 Å². The highest BCUT2D eigenvalue weighted by Crippen LogP contribution is 2.40. The molecule has 2 aliphatic rings. The van der Waals surface area contributed by atoms with E-state index in [1.165, 1.54) is 19.2 Å². The molecule has 17 nitrogen and oxygen atoms in total. The van der Waals surface area contributed by atoms with E-state index in [2.05, 4.69) is 20.8 Å². The lowest BCUT2D eigenvalue weighted by Crippen LogP contribution is -2.71. The maximum Gasteiger partial charge on any atom is 0.352 e. The minimum absolute atomic E-state index is 0.0509. The molecule has 3 aromatic rings. The quantitative estimate of drug-likeness (QED) is 0.0711. The number of hydrogen-bond acceptors (Lipinski definition) is 14. The smallest absolute Gasteiger partial charge is 0.352 e. The van der Waals surface area contributed by atoms with Gasteiger partial charge in [0, 0.05) is 16.7 Å². The molecule has 0 aliphatic carbocycles. The van der Waals surface area contributed by atoms with E-state index in [-0.39, 0.29) is 34.5 Å². The molecule has 0 radical (unpaired) electrons.